The molecule has 0 atom stereocenters. The van der Waals surface area contributed by atoms with Crippen molar-refractivity contribution in [3.63, 3.8) is 0 Å². The van der Waals surface area contributed by atoms with Crippen LogP contribution in [0.3, 0.4) is 0 Å². The first kappa shape index (κ1) is 11.7. The van der Waals surface area contributed by atoms with Crippen LogP contribution in [0.15, 0.2) is 35.7 Å². The van der Waals surface area contributed by atoms with Gasteiger partial charge in [-0.3, -0.25) is 4.79 Å². The van der Waals surface area contributed by atoms with Crippen LogP contribution < -0.4 is 0 Å². The van der Waals surface area contributed by atoms with Gasteiger partial charge in [-0.15, -0.1) is 11.3 Å². The quantitative estimate of drug-likeness (QED) is 0.850. The van der Waals surface area contributed by atoms with Crippen LogP contribution in [0.4, 0.5) is 0 Å². The second kappa shape index (κ2) is 5.01. The molecule has 3 nitrogen and oxygen atoms in total. The fraction of sp³-hybridized carbons (Fsp3) is 0.154. The molecule has 0 aliphatic heterocycles. The van der Waals surface area contributed by atoms with Crippen molar-refractivity contribution >= 4 is 17.3 Å². The summed E-state index contributed by atoms with van der Waals surface area (Å²) in [4.78, 5) is 12.3. The zero-order chi connectivity index (χ0) is 12.3. The normalized spacial score (nSPS) is 10.2. The highest BCUT2D eigenvalue weighted by Gasteiger charge is 2.11. The molecule has 1 aromatic heterocycles. The first-order valence-corrected chi connectivity index (χ1v) is 6.01. The summed E-state index contributed by atoms with van der Waals surface area (Å²) in [6, 6.07) is 8.91. The van der Waals surface area contributed by atoms with Crippen LogP contribution in [0.5, 0.6) is 5.75 Å². The SMILES string of the molecule is COC(=O)Cc1ccsc1-c1cccc(O)c1. The summed E-state index contributed by atoms with van der Waals surface area (Å²) >= 11 is 1.54. The van der Waals surface area contributed by atoms with E-state index in [-0.39, 0.29) is 18.1 Å². The number of carbonyl (C=O) groups excluding carboxylic acids is 1. The van der Waals surface area contributed by atoms with E-state index in [1.54, 1.807) is 29.5 Å². The van der Waals surface area contributed by atoms with Crippen LogP contribution >= 0.6 is 11.3 Å². The van der Waals surface area contributed by atoms with Gasteiger partial charge in [-0.2, -0.15) is 0 Å². The maximum atomic E-state index is 11.3. The molecule has 1 heterocycles. The molecule has 0 aliphatic rings. The van der Waals surface area contributed by atoms with Crippen LogP contribution in [0, 0.1) is 0 Å². The van der Waals surface area contributed by atoms with Crippen LogP contribution in [0.25, 0.3) is 10.4 Å². The van der Waals surface area contributed by atoms with Gasteiger partial charge in [-0.05, 0) is 34.7 Å². The molecule has 2 aromatic rings. The minimum absolute atomic E-state index is 0.222. The Morgan fingerprint density at radius 3 is 2.94 bits per heavy atom. The number of esters is 1. The molecule has 2 rings (SSSR count). The number of thiophene rings is 1. The molecule has 88 valence electrons. The minimum Gasteiger partial charge on any atom is -0.508 e. The molecular formula is C13H12O3S. The third-order valence-corrected chi connectivity index (χ3v) is 3.42. The number of rotatable bonds is 3. The van der Waals surface area contributed by atoms with E-state index in [4.69, 9.17) is 0 Å². The monoisotopic (exact) mass is 248 g/mol. The van der Waals surface area contributed by atoms with Gasteiger partial charge in [0.15, 0.2) is 0 Å². The summed E-state index contributed by atoms with van der Waals surface area (Å²) in [6.45, 7) is 0. The summed E-state index contributed by atoms with van der Waals surface area (Å²) in [6.07, 6.45) is 0.255. The van der Waals surface area contributed by atoms with E-state index in [0.29, 0.717) is 0 Å². The number of methoxy groups -OCH3 is 1. The highest BCUT2D eigenvalue weighted by atomic mass is 32.1. The zero-order valence-electron chi connectivity index (χ0n) is 9.34. The van der Waals surface area contributed by atoms with Gasteiger partial charge in [-0.1, -0.05) is 12.1 Å². The van der Waals surface area contributed by atoms with Crippen molar-refractivity contribution in [1.82, 2.24) is 0 Å². The maximum absolute atomic E-state index is 11.3. The fourth-order valence-electron chi connectivity index (χ4n) is 1.60. The van der Waals surface area contributed by atoms with E-state index in [2.05, 4.69) is 4.74 Å². The van der Waals surface area contributed by atoms with Crippen LogP contribution in [-0.2, 0) is 16.0 Å². The lowest BCUT2D eigenvalue weighted by atomic mass is 10.1. The zero-order valence-corrected chi connectivity index (χ0v) is 10.2. The number of phenolic OH excluding ortho intramolecular Hbond substituents is 1. The molecule has 0 unspecified atom stereocenters. The van der Waals surface area contributed by atoms with E-state index >= 15 is 0 Å². The third-order valence-electron chi connectivity index (χ3n) is 2.42. The first-order chi connectivity index (χ1) is 8.20. The minimum atomic E-state index is -0.259. The number of hydrogen-bond acceptors (Lipinski definition) is 4. The van der Waals surface area contributed by atoms with Gasteiger partial charge in [0, 0.05) is 4.88 Å². The van der Waals surface area contributed by atoms with E-state index in [9.17, 15) is 9.90 Å². The predicted octanol–water partition coefficient (Wildman–Crippen LogP) is 2.84. The maximum Gasteiger partial charge on any atom is 0.310 e. The van der Waals surface area contributed by atoms with Gasteiger partial charge in [0.25, 0.3) is 0 Å². The average molecular weight is 248 g/mol. The van der Waals surface area contributed by atoms with Crippen LogP contribution in [0.2, 0.25) is 0 Å². The van der Waals surface area contributed by atoms with Gasteiger partial charge >= 0.3 is 5.97 Å². The molecule has 17 heavy (non-hydrogen) atoms. The number of ether oxygens (including phenoxy) is 1. The van der Waals surface area contributed by atoms with Crippen molar-refractivity contribution in [3.05, 3.63) is 41.3 Å². The fourth-order valence-corrected chi connectivity index (χ4v) is 2.53. The Morgan fingerprint density at radius 1 is 1.41 bits per heavy atom. The Bertz CT molecular complexity index is 531. The largest absolute Gasteiger partial charge is 0.508 e. The van der Waals surface area contributed by atoms with Crippen molar-refractivity contribution in [2.45, 2.75) is 6.42 Å². The van der Waals surface area contributed by atoms with Gasteiger partial charge < -0.3 is 9.84 Å². The Kier molecular flexibility index (Phi) is 3.44. The van der Waals surface area contributed by atoms with Crippen molar-refractivity contribution in [3.8, 4) is 16.2 Å². The average Bonchev–Trinajstić information content (AvgIpc) is 2.77. The standard InChI is InChI=1S/C13H12O3S/c1-16-12(15)8-10-5-6-17-13(10)9-3-2-4-11(14)7-9/h2-7,14H,8H2,1H3. The highest BCUT2D eigenvalue weighted by Crippen LogP contribution is 2.31. The number of carbonyl (C=O) groups is 1. The van der Waals surface area contributed by atoms with Crippen molar-refractivity contribution in [2.24, 2.45) is 0 Å². The summed E-state index contributed by atoms with van der Waals surface area (Å²) < 4.78 is 4.65. The molecular weight excluding hydrogens is 236 g/mol. The Balaban J connectivity index is 2.33. The molecule has 0 amide bonds. The summed E-state index contributed by atoms with van der Waals surface area (Å²) in [5.74, 6) is -0.0373. The van der Waals surface area contributed by atoms with Crippen molar-refractivity contribution in [1.29, 1.82) is 0 Å². The van der Waals surface area contributed by atoms with Gasteiger partial charge in [0.1, 0.15) is 5.75 Å². The number of aromatic hydroxyl groups is 1. The second-order valence-electron chi connectivity index (χ2n) is 3.58. The number of hydrogen-bond donors (Lipinski definition) is 1. The molecule has 0 saturated carbocycles. The lowest BCUT2D eigenvalue weighted by Crippen LogP contribution is -2.04. The van der Waals surface area contributed by atoms with Crippen LogP contribution in [-0.4, -0.2) is 18.2 Å². The van der Waals surface area contributed by atoms with Gasteiger partial charge in [-0.25, -0.2) is 0 Å². The van der Waals surface area contributed by atoms with E-state index < -0.39 is 0 Å². The Hall–Kier alpha value is -1.81. The molecule has 0 saturated heterocycles. The molecule has 0 radical (unpaired) electrons. The molecule has 0 spiro atoms. The summed E-state index contributed by atoms with van der Waals surface area (Å²) in [7, 11) is 1.38. The Morgan fingerprint density at radius 2 is 2.24 bits per heavy atom. The molecule has 4 heteroatoms. The predicted molar refractivity (Wildman–Crippen MR) is 67.1 cm³/mol. The molecule has 0 fully saturated rings. The lowest BCUT2D eigenvalue weighted by molar-refractivity contribution is -0.139. The van der Waals surface area contributed by atoms with Gasteiger partial charge in [0.05, 0.1) is 13.5 Å². The smallest absolute Gasteiger partial charge is 0.310 e. The summed E-state index contributed by atoms with van der Waals surface area (Å²) in [5.41, 5.74) is 1.84. The van der Waals surface area contributed by atoms with E-state index in [1.807, 2.05) is 17.5 Å². The molecule has 0 aliphatic carbocycles. The first-order valence-electron chi connectivity index (χ1n) is 5.13. The third kappa shape index (κ3) is 2.65. The van der Waals surface area contributed by atoms with Crippen molar-refractivity contribution < 1.29 is 14.6 Å². The van der Waals surface area contributed by atoms with E-state index in [0.717, 1.165) is 16.0 Å². The number of phenols is 1. The molecule has 0 bridgehead atoms. The summed E-state index contributed by atoms with van der Waals surface area (Å²) in [5, 5.41) is 11.4. The van der Waals surface area contributed by atoms with E-state index in [1.165, 1.54) is 7.11 Å². The topological polar surface area (TPSA) is 46.5 Å². The molecule has 1 N–H and O–H groups in total. The Labute approximate surface area is 103 Å². The molecule has 1 aromatic carbocycles. The lowest BCUT2D eigenvalue weighted by Gasteiger charge is -2.03. The second-order valence-corrected chi connectivity index (χ2v) is 4.49. The van der Waals surface area contributed by atoms with Gasteiger partial charge in [0.2, 0.25) is 0 Å². The highest BCUT2D eigenvalue weighted by molar-refractivity contribution is 7.13. The number of benzene rings is 1. The van der Waals surface area contributed by atoms with Crippen LogP contribution in [0.1, 0.15) is 5.56 Å². The van der Waals surface area contributed by atoms with Crippen molar-refractivity contribution in [2.75, 3.05) is 7.11 Å².